The van der Waals surface area contributed by atoms with Crippen LogP contribution in [0.1, 0.15) is 34.5 Å². The SMILES string of the molecule is C[C@H]1c2ccccc2CN1NC(=O)c1ccc(Cl)c(S(N)(=O)=O)c1. The van der Waals surface area contributed by atoms with Gasteiger partial charge in [-0.1, -0.05) is 35.9 Å². The summed E-state index contributed by atoms with van der Waals surface area (Å²) in [7, 11) is -4.00. The Bertz CT molecular complexity index is 915. The Morgan fingerprint density at radius 1 is 1.29 bits per heavy atom. The Balaban J connectivity index is 1.82. The zero-order chi connectivity index (χ0) is 17.5. The van der Waals surface area contributed by atoms with Crippen LogP contribution in [-0.4, -0.2) is 19.3 Å². The van der Waals surface area contributed by atoms with Gasteiger partial charge in [0.25, 0.3) is 5.91 Å². The molecule has 1 aliphatic heterocycles. The van der Waals surface area contributed by atoms with Crippen LogP contribution < -0.4 is 10.6 Å². The van der Waals surface area contributed by atoms with Crippen LogP contribution in [0.4, 0.5) is 0 Å². The normalized spacial score (nSPS) is 17.5. The van der Waals surface area contributed by atoms with Crippen LogP contribution in [-0.2, 0) is 16.6 Å². The van der Waals surface area contributed by atoms with Gasteiger partial charge in [0, 0.05) is 12.1 Å². The van der Waals surface area contributed by atoms with Crippen LogP contribution >= 0.6 is 11.6 Å². The number of carbonyl (C=O) groups excluding carboxylic acids is 1. The predicted octanol–water partition coefficient (Wildman–Crippen LogP) is 2.21. The minimum absolute atomic E-state index is 0.0176. The Morgan fingerprint density at radius 2 is 2.00 bits per heavy atom. The van der Waals surface area contributed by atoms with Crippen molar-refractivity contribution in [2.24, 2.45) is 5.14 Å². The third-order valence-corrected chi connectivity index (χ3v) is 5.45. The number of rotatable bonds is 3. The molecule has 0 unspecified atom stereocenters. The number of amides is 1. The third kappa shape index (κ3) is 3.16. The summed E-state index contributed by atoms with van der Waals surface area (Å²) in [6.07, 6.45) is 0. The van der Waals surface area contributed by atoms with Crippen LogP contribution in [0.15, 0.2) is 47.4 Å². The van der Waals surface area contributed by atoms with Crippen molar-refractivity contribution in [2.75, 3.05) is 0 Å². The molecule has 0 radical (unpaired) electrons. The van der Waals surface area contributed by atoms with Gasteiger partial charge < -0.3 is 0 Å². The maximum Gasteiger partial charge on any atom is 0.265 e. The number of sulfonamides is 1. The minimum atomic E-state index is -4.00. The summed E-state index contributed by atoms with van der Waals surface area (Å²) in [4.78, 5) is 12.2. The number of hydrazine groups is 1. The fourth-order valence-electron chi connectivity index (χ4n) is 2.77. The van der Waals surface area contributed by atoms with Gasteiger partial charge in [-0.25, -0.2) is 18.6 Å². The lowest BCUT2D eigenvalue weighted by molar-refractivity contribution is 0.0724. The molecule has 8 heteroatoms. The Labute approximate surface area is 145 Å². The molecule has 2 aromatic rings. The van der Waals surface area contributed by atoms with Crippen LogP contribution in [0.5, 0.6) is 0 Å². The van der Waals surface area contributed by atoms with E-state index < -0.39 is 15.9 Å². The lowest BCUT2D eigenvalue weighted by Gasteiger charge is -2.22. The number of hydrogen-bond donors (Lipinski definition) is 2. The van der Waals surface area contributed by atoms with E-state index in [2.05, 4.69) is 5.43 Å². The van der Waals surface area contributed by atoms with Crippen molar-refractivity contribution in [3.05, 3.63) is 64.2 Å². The quantitative estimate of drug-likeness (QED) is 0.872. The Hall–Kier alpha value is -1.93. The standard InChI is InChI=1S/C16H16ClN3O3S/c1-10-13-5-3-2-4-12(13)9-20(10)19-16(21)11-6-7-14(17)15(8-11)24(18,22)23/h2-8,10H,9H2,1H3,(H,19,21)(H2,18,22,23)/t10-/m0/s1. The van der Waals surface area contributed by atoms with E-state index in [0.717, 1.165) is 11.1 Å². The van der Waals surface area contributed by atoms with Crippen molar-refractivity contribution in [3.63, 3.8) is 0 Å². The maximum absolute atomic E-state index is 12.5. The molecular weight excluding hydrogens is 350 g/mol. The van der Waals surface area contributed by atoms with E-state index in [1.165, 1.54) is 18.2 Å². The summed E-state index contributed by atoms with van der Waals surface area (Å²) in [6, 6.07) is 12.0. The first kappa shape index (κ1) is 16.9. The van der Waals surface area contributed by atoms with E-state index in [4.69, 9.17) is 16.7 Å². The summed E-state index contributed by atoms with van der Waals surface area (Å²) >= 11 is 5.84. The minimum Gasteiger partial charge on any atom is -0.284 e. The zero-order valence-corrected chi connectivity index (χ0v) is 14.4. The number of nitrogens with zero attached hydrogens (tertiary/aromatic N) is 1. The topological polar surface area (TPSA) is 92.5 Å². The van der Waals surface area contributed by atoms with Crippen molar-refractivity contribution in [3.8, 4) is 0 Å². The average molecular weight is 366 g/mol. The molecule has 1 aliphatic rings. The lowest BCUT2D eigenvalue weighted by Crippen LogP contribution is -2.40. The number of nitrogens with one attached hydrogen (secondary N) is 1. The molecule has 0 saturated carbocycles. The molecule has 0 aromatic heterocycles. The van der Waals surface area contributed by atoms with Crippen LogP contribution in [0, 0.1) is 0 Å². The van der Waals surface area contributed by atoms with Gasteiger partial charge in [0.05, 0.1) is 11.1 Å². The molecule has 3 rings (SSSR count). The zero-order valence-electron chi connectivity index (χ0n) is 12.9. The highest BCUT2D eigenvalue weighted by Crippen LogP contribution is 2.31. The molecule has 0 aliphatic carbocycles. The Morgan fingerprint density at radius 3 is 2.67 bits per heavy atom. The molecule has 0 bridgehead atoms. The van der Waals surface area contributed by atoms with E-state index >= 15 is 0 Å². The highest BCUT2D eigenvalue weighted by Gasteiger charge is 2.28. The second kappa shape index (κ2) is 6.18. The highest BCUT2D eigenvalue weighted by molar-refractivity contribution is 7.89. The molecule has 0 saturated heterocycles. The first-order valence-electron chi connectivity index (χ1n) is 7.25. The molecular formula is C16H16ClN3O3S. The van der Waals surface area contributed by atoms with Crippen LogP contribution in [0.25, 0.3) is 0 Å². The number of halogens is 1. The lowest BCUT2D eigenvalue weighted by atomic mass is 10.1. The van der Waals surface area contributed by atoms with Crippen molar-refractivity contribution in [1.82, 2.24) is 10.4 Å². The Kier molecular flexibility index (Phi) is 4.35. The number of hydrogen-bond acceptors (Lipinski definition) is 4. The molecule has 2 aromatic carbocycles. The average Bonchev–Trinajstić information content (AvgIpc) is 2.83. The molecule has 1 atom stereocenters. The first-order chi connectivity index (χ1) is 11.3. The van der Waals surface area contributed by atoms with E-state index in [-0.39, 0.29) is 21.5 Å². The second-order valence-corrected chi connectivity index (χ2v) is 7.57. The first-order valence-corrected chi connectivity index (χ1v) is 9.17. The summed E-state index contributed by atoms with van der Waals surface area (Å²) in [5, 5.41) is 6.90. The van der Waals surface area contributed by atoms with Gasteiger partial charge in [0.1, 0.15) is 4.90 Å². The number of primary sulfonamides is 1. The van der Waals surface area contributed by atoms with Gasteiger partial charge in [0.2, 0.25) is 10.0 Å². The predicted molar refractivity (Wildman–Crippen MR) is 90.7 cm³/mol. The van der Waals surface area contributed by atoms with E-state index in [0.29, 0.717) is 6.54 Å². The van der Waals surface area contributed by atoms with Gasteiger partial charge in [-0.3, -0.25) is 10.2 Å². The molecule has 1 amide bonds. The molecule has 24 heavy (non-hydrogen) atoms. The number of benzene rings is 2. The van der Waals surface area contributed by atoms with Crippen molar-refractivity contribution < 1.29 is 13.2 Å². The summed E-state index contributed by atoms with van der Waals surface area (Å²) in [5.41, 5.74) is 5.28. The van der Waals surface area contributed by atoms with Crippen molar-refractivity contribution >= 4 is 27.5 Å². The molecule has 1 heterocycles. The van der Waals surface area contributed by atoms with E-state index in [1.54, 1.807) is 5.01 Å². The summed E-state index contributed by atoms with van der Waals surface area (Å²) < 4.78 is 23.1. The summed E-state index contributed by atoms with van der Waals surface area (Å²) in [5.74, 6) is -0.420. The van der Waals surface area contributed by atoms with Gasteiger partial charge in [-0.05, 0) is 36.2 Å². The van der Waals surface area contributed by atoms with Crippen LogP contribution in [0.3, 0.4) is 0 Å². The molecule has 6 nitrogen and oxygen atoms in total. The molecule has 3 N–H and O–H groups in total. The van der Waals surface area contributed by atoms with Gasteiger partial charge in [-0.2, -0.15) is 0 Å². The molecule has 126 valence electrons. The number of carbonyl (C=O) groups is 1. The van der Waals surface area contributed by atoms with E-state index in [1.807, 2.05) is 31.2 Å². The molecule has 0 fully saturated rings. The van der Waals surface area contributed by atoms with Gasteiger partial charge in [0.15, 0.2) is 0 Å². The van der Waals surface area contributed by atoms with Gasteiger partial charge >= 0.3 is 0 Å². The van der Waals surface area contributed by atoms with Gasteiger partial charge in [-0.15, -0.1) is 0 Å². The number of nitrogens with two attached hydrogens (primary N) is 1. The largest absolute Gasteiger partial charge is 0.284 e. The van der Waals surface area contributed by atoms with E-state index in [9.17, 15) is 13.2 Å². The fourth-order valence-corrected chi connectivity index (χ4v) is 3.84. The second-order valence-electron chi connectivity index (χ2n) is 5.63. The summed E-state index contributed by atoms with van der Waals surface area (Å²) in [6.45, 7) is 2.57. The maximum atomic E-state index is 12.5. The smallest absolute Gasteiger partial charge is 0.265 e. The van der Waals surface area contributed by atoms with Crippen molar-refractivity contribution in [1.29, 1.82) is 0 Å². The monoisotopic (exact) mass is 365 g/mol. The molecule has 0 spiro atoms. The number of fused-ring (bicyclic) bond motifs is 1. The van der Waals surface area contributed by atoms with Crippen LogP contribution in [0.2, 0.25) is 5.02 Å². The highest BCUT2D eigenvalue weighted by atomic mass is 35.5. The van der Waals surface area contributed by atoms with Crippen molar-refractivity contribution in [2.45, 2.75) is 24.4 Å². The third-order valence-electron chi connectivity index (χ3n) is 4.06. The fraction of sp³-hybridized carbons (Fsp3) is 0.188.